The molecule has 0 aliphatic carbocycles. The van der Waals surface area contributed by atoms with E-state index in [4.69, 9.17) is 9.47 Å². The molecule has 0 amide bonds. The molecular weight excluding hydrogens is 290 g/mol. The molecule has 0 spiro atoms. The summed E-state index contributed by atoms with van der Waals surface area (Å²) in [6.07, 6.45) is 5.33. The van der Waals surface area contributed by atoms with Crippen LogP contribution in [0.5, 0.6) is 5.88 Å². The highest BCUT2D eigenvalue weighted by Gasteiger charge is 2.15. The Labute approximate surface area is 137 Å². The number of rotatable bonds is 8. The van der Waals surface area contributed by atoms with E-state index in [1.807, 2.05) is 18.2 Å². The number of hydrogen-bond acceptors (Lipinski definition) is 4. The van der Waals surface area contributed by atoms with Gasteiger partial charge in [0.25, 0.3) is 0 Å². The van der Waals surface area contributed by atoms with Gasteiger partial charge in [-0.2, -0.15) is 0 Å². The Balaban J connectivity index is 1.88. The summed E-state index contributed by atoms with van der Waals surface area (Å²) in [4.78, 5) is 15.7. The van der Waals surface area contributed by atoms with Gasteiger partial charge in [-0.25, -0.2) is 9.78 Å². The van der Waals surface area contributed by atoms with Crippen LogP contribution in [-0.2, 0) is 4.74 Å². The Morgan fingerprint density at radius 1 is 1.09 bits per heavy atom. The van der Waals surface area contributed by atoms with Crippen LogP contribution in [0.1, 0.15) is 44.1 Å². The van der Waals surface area contributed by atoms with Crippen molar-refractivity contribution < 1.29 is 14.3 Å². The number of aromatic nitrogens is 1. The monoisotopic (exact) mass is 313 g/mol. The average molecular weight is 313 g/mol. The van der Waals surface area contributed by atoms with Crippen molar-refractivity contribution in [3.63, 3.8) is 0 Å². The molecule has 0 radical (unpaired) electrons. The van der Waals surface area contributed by atoms with Crippen LogP contribution in [0.15, 0.2) is 54.7 Å². The van der Waals surface area contributed by atoms with E-state index in [1.165, 1.54) is 18.4 Å². The number of nitrogens with zero attached hydrogens (tertiary/aromatic N) is 1. The van der Waals surface area contributed by atoms with Gasteiger partial charge in [0.1, 0.15) is 6.61 Å². The molecule has 1 aromatic carbocycles. The lowest BCUT2D eigenvalue weighted by Crippen LogP contribution is -2.16. The highest BCUT2D eigenvalue weighted by Crippen LogP contribution is 2.23. The van der Waals surface area contributed by atoms with E-state index in [1.54, 1.807) is 24.4 Å². The van der Waals surface area contributed by atoms with Crippen molar-refractivity contribution in [3.05, 3.63) is 60.3 Å². The molecule has 0 aliphatic rings. The maximum absolute atomic E-state index is 11.8. The first-order chi connectivity index (χ1) is 11.3. The van der Waals surface area contributed by atoms with Gasteiger partial charge in [-0.05, 0) is 18.1 Å². The van der Waals surface area contributed by atoms with E-state index >= 15 is 0 Å². The third-order valence-corrected chi connectivity index (χ3v) is 3.66. The Hall–Kier alpha value is -2.36. The Bertz CT molecular complexity index is 572. The van der Waals surface area contributed by atoms with Crippen LogP contribution in [0.25, 0.3) is 0 Å². The predicted octanol–water partition coefficient (Wildman–Crippen LogP) is 4.96. The summed E-state index contributed by atoms with van der Waals surface area (Å²) in [5, 5.41) is 0. The molecule has 1 heterocycles. The van der Waals surface area contributed by atoms with Crippen molar-refractivity contribution in [3.8, 4) is 5.88 Å². The largest absolute Gasteiger partial charge is 0.515 e. The fraction of sp³-hybridized carbons (Fsp3) is 0.368. The van der Waals surface area contributed by atoms with E-state index in [0.29, 0.717) is 6.61 Å². The van der Waals surface area contributed by atoms with E-state index in [2.05, 4.69) is 24.0 Å². The number of ether oxygens (including phenoxy) is 2. The Morgan fingerprint density at radius 2 is 1.87 bits per heavy atom. The molecule has 0 N–H and O–H groups in total. The third kappa shape index (κ3) is 6.10. The van der Waals surface area contributed by atoms with E-state index in [0.717, 1.165) is 12.8 Å². The minimum Gasteiger partial charge on any atom is -0.433 e. The first-order valence-corrected chi connectivity index (χ1v) is 8.10. The second kappa shape index (κ2) is 9.62. The van der Waals surface area contributed by atoms with Crippen LogP contribution in [0.3, 0.4) is 0 Å². The molecule has 2 aromatic rings. The van der Waals surface area contributed by atoms with Gasteiger partial charge in [0.2, 0.25) is 5.88 Å². The molecule has 2 rings (SSSR count). The number of benzene rings is 1. The number of hydrogen-bond donors (Lipinski definition) is 0. The van der Waals surface area contributed by atoms with Crippen LogP contribution >= 0.6 is 0 Å². The number of pyridine rings is 1. The summed E-state index contributed by atoms with van der Waals surface area (Å²) < 4.78 is 10.3. The molecule has 0 fully saturated rings. The van der Waals surface area contributed by atoms with Gasteiger partial charge in [-0.15, -0.1) is 0 Å². The lowest BCUT2D eigenvalue weighted by Gasteiger charge is -2.17. The molecule has 23 heavy (non-hydrogen) atoms. The lowest BCUT2D eigenvalue weighted by atomic mass is 9.94. The maximum Gasteiger partial charge on any atom is 0.515 e. The summed E-state index contributed by atoms with van der Waals surface area (Å²) in [5.74, 6) is 0.443. The van der Waals surface area contributed by atoms with Crippen molar-refractivity contribution in [2.45, 2.75) is 38.5 Å². The zero-order valence-electron chi connectivity index (χ0n) is 13.5. The highest BCUT2D eigenvalue weighted by molar-refractivity contribution is 5.63. The summed E-state index contributed by atoms with van der Waals surface area (Å²) in [6.45, 7) is 2.50. The van der Waals surface area contributed by atoms with Gasteiger partial charge in [-0.3, -0.25) is 0 Å². The van der Waals surface area contributed by atoms with Crippen LogP contribution < -0.4 is 4.74 Å². The lowest BCUT2D eigenvalue weighted by molar-refractivity contribution is 0.0903. The topological polar surface area (TPSA) is 48.4 Å². The molecule has 0 saturated carbocycles. The highest BCUT2D eigenvalue weighted by atomic mass is 16.7. The van der Waals surface area contributed by atoms with Gasteiger partial charge < -0.3 is 9.47 Å². The quantitative estimate of drug-likeness (QED) is 0.510. The number of unbranched alkanes of at least 4 members (excludes halogenated alkanes) is 2. The van der Waals surface area contributed by atoms with Gasteiger partial charge in [0.05, 0.1) is 0 Å². The van der Waals surface area contributed by atoms with E-state index < -0.39 is 6.16 Å². The molecule has 1 atom stereocenters. The number of carbonyl (C=O) groups is 1. The second-order valence-electron chi connectivity index (χ2n) is 5.43. The first kappa shape index (κ1) is 17.0. The molecule has 4 nitrogen and oxygen atoms in total. The molecule has 4 heteroatoms. The van der Waals surface area contributed by atoms with Gasteiger partial charge in [0.15, 0.2) is 0 Å². The first-order valence-electron chi connectivity index (χ1n) is 8.10. The summed E-state index contributed by atoms with van der Waals surface area (Å²) in [5.41, 5.74) is 1.19. The van der Waals surface area contributed by atoms with Gasteiger partial charge >= 0.3 is 6.16 Å². The summed E-state index contributed by atoms with van der Waals surface area (Å²) in [7, 11) is 0. The number of carbonyl (C=O) groups excluding carboxylic acids is 1. The molecule has 1 aromatic heterocycles. The standard InChI is InChI=1S/C19H23NO3/c1-2-3-5-12-17(16-10-6-4-7-11-16)15-22-19(21)23-18-13-8-9-14-20-18/h4,6-11,13-14,17H,2-3,5,12,15H2,1H3. The second-order valence-corrected chi connectivity index (χ2v) is 5.43. The van der Waals surface area contributed by atoms with Crippen LogP contribution in [0.4, 0.5) is 4.79 Å². The summed E-state index contributed by atoms with van der Waals surface area (Å²) >= 11 is 0. The summed E-state index contributed by atoms with van der Waals surface area (Å²) in [6, 6.07) is 15.3. The molecule has 0 aliphatic heterocycles. The minimum atomic E-state index is -0.708. The maximum atomic E-state index is 11.8. The van der Waals surface area contributed by atoms with Crippen LogP contribution in [-0.4, -0.2) is 17.7 Å². The molecule has 1 unspecified atom stereocenters. The fourth-order valence-electron chi connectivity index (χ4n) is 2.40. The zero-order valence-corrected chi connectivity index (χ0v) is 13.5. The predicted molar refractivity (Wildman–Crippen MR) is 89.5 cm³/mol. The van der Waals surface area contributed by atoms with Crippen molar-refractivity contribution in [2.24, 2.45) is 0 Å². The van der Waals surface area contributed by atoms with Crippen molar-refractivity contribution >= 4 is 6.16 Å². The smallest absolute Gasteiger partial charge is 0.433 e. The molecule has 0 saturated heterocycles. The minimum absolute atomic E-state index is 0.194. The zero-order chi connectivity index (χ0) is 16.3. The average Bonchev–Trinajstić information content (AvgIpc) is 2.59. The SMILES string of the molecule is CCCCCC(COC(=O)Oc1ccccn1)c1ccccc1. The normalized spacial score (nSPS) is 11.7. The van der Waals surface area contributed by atoms with Crippen LogP contribution in [0.2, 0.25) is 0 Å². The fourth-order valence-corrected chi connectivity index (χ4v) is 2.40. The van der Waals surface area contributed by atoms with E-state index in [9.17, 15) is 4.79 Å². The molecule has 0 bridgehead atoms. The third-order valence-electron chi connectivity index (χ3n) is 3.66. The van der Waals surface area contributed by atoms with Crippen molar-refractivity contribution in [1.29, 1.82) is 0 Å². The molecule has 122 valence electrons. The van der Waals surface area contributed by atoms with Gasteiger partial charge in [-0.1, -0.05) is 62.6 Å². The van der Waals surface area contributed by atoms with Gasteiger partial charge in [0, 0.05) is 18.2 Å². The Kier molecular flexibility index (Phi) is 7.11. The van der Waals surface area contributed by atoms with E-state index in [-0.39, 0.29) is 11.8 Å². The van der Waals surface area contributed by atoms with Crippen LogP contribution in [0, 0.1) is 0 Å². The van der Waals surface area contributed by atoms with Crippen molar-refractivity contribution in [1.82, 2.24) is 4.98 Å². The van der Waals surface area contributed by atoms with Crippen molar-refractivity contribution in [2.75, 3.05) is 6.61 Å². The molecular formula is C19H23NO3. The Morgan fingerprint density at radius 3 is 2.57 bits per heavy atom.